The summed E-state index contributed by atoms with van der Waals surface area (Å²) >= 11 is 0. The van der Waals surface area contributed by atoms with E-state index >= 15 is 0 Å². The molecule has 0 saturated heterocycles. The van der Waals surface area contributed by atoms with Crippen LogP contribution >= 0.6 is 0 Å². The normalized spacial score (nSPS) is 11.1. The Balaban J connectivity index is 2.37. The van der Waals surface area contributed by atoms with Gasteiger partial charge in [0, 0.05) is 17.0 Å². The van der Waals surface area contributed by atoms with Crippen LogP contribution in [0.15, 0.2) is 42.5 Å². The molecular formula is C23H24O4. The molecule has 3 rings (SSSR count). The molecule has 0 aliphatic heterocycles. The highest BCUT2D eigenvalue weighted by Gasteiger charge is 2.27. The minimum Gasteiger partial charge on any atom is -0.508 e. The quantitative estimate of drug-likeness (QED) is 0.393. The second-order valence-electron chi connectivity index (χ2n) is 7.21. The van der Waals surface area contributed by atoms with Crippen molar-refractivity contribution in [3.8, 4) is 23.0 Å². The molecule has 0 bridgehead atoms. The van der Waals surface area contributed by atoms with Gasteiger partial charge in [-0.05, 0) is 79.8 Å². The Bertz CT molecular complexity index is 917. The Labute approximate surface area is 159 Å². The second-order valence-corrected chi connectivity index (χ2v) is 7.21. The molecule has 4 N–H and O–H groups in total. The van der Waals surface area contributed by atoms with Gasteiger partial charge >= 0.3 is 0 Å². The van der Waals surface area contributed by atoms with E-state index in [-0.39, 0.29) is 23.0 Å². The number of aryl methyl sites for hydroxylation is 4. The minimum atomic E-state index is -0.502. The monoisotopic (exact) mass is 364 g/mol. The first-order valence-corrected chi connectivity index (χ1v) is 8.81. The maximum atomic E-state index is 10.7. The van der Waals surface area contributed by atoms with Gasteiger partial charge < -0.3 is 20.4 Å². The second kappa shape index (κ2) is 6.88. The lowest BCUT2D eigenvalue weighted by Crippen LogP contribution is -2.08. The van der Waals surface area contributed by atoms with Gasteiger partial charge in [0.1, 0.15) is 11.5 Å². The molecule has 27 heavy (non-hydrogen) atoms. The van der Waals surface area contributed by atoms with Crippen molar-refractivity contribution in [3.05, 3.63) is 81.4 Å². The fourth-order valence-electron chi connectivity index (χ4n) is 3.86. The first-order chi connectivity index (χ1) is 12.7. The van der Waals surface area contributed by atoms with Crippen LogP contribution < -0.4 is 0 Å². The van der Waals surface area contributed by atoms with E-state index in [9.17, 15) is 20.4 Å². The van der Waals surface area contributed by atoms with Crippen LogP contribution in [-0.2, 0) is 0 Å². The molecule has 0 amide bonds. The number of phenols is 4. The van der Waals surface area contributed by atoms with Gasteiger partial charge in [-0.1, -0.05) is 18.2 Å². The van der Waals surface area contributed by atoms with Crippen LogP contribution in [0.25, 0.3) is 0 Å². The number of aromatic hydroxyl groups is 4. The van der Waals surface area contributed by atoms with Gasteiger partial charge in [-0.3, -0.25) is 0 Å². The van der Waals surface area contributed by atoms with Crippen LogP contribution in [-0.4, -0.2) is 20.4 Å². The van der Waals surface area contributed by atoms with Gasteiger partial charge in [0.25, 0.3) is 0 Å². The number of phenolic OH excluding ortho intramolecular Hbond substituents is 4. The molecule has 0 aromatic heterocycles. The average Bonchev–Trinajstić information content (AvgIpc) is 2.54. The summed E-state index contributed by atoms with van der Waals surface area (Å²) in [5.74, 6) is -0.704. The van der Waals surface area contributed by atoms with Crippen LogP contribution in [0.3, 0.4) is 0 Å². The molecule has 4 nitrogen and oxygen atoms in total. The summed E-state index contributed by atoms with van der Waals surface area (Å²) in [6.07, 6.45) is 0. The number of benzene rings is 3. The third-order valence-corrected chi connectivity index (χ3v) is 4.93. The fraction of sp³-hybridized carbons (Fsp3) is 0.217. The molecule has 0 heterocycles. The molecule has 3 aromatic carbocycles. The number of rotatable bonds is 3. The molecule has 0 saturated carbocycles. The Morgan fingerprint density at radius 2 is 1.04 bits per heavy atom. The predicted molar refractivity (Wildman–Crippen MR) is 106 cm³/mol. The smallest absolute Gasteiger partial charge is 0.157 e. The van der Waals surface area contributed by atoms with Crippen LogP contribution in [0.2, 0.25) is 0 Å². The Morgan fingerprint density at radius 1 is 0.556 bits per heavy atom. The van der Waals surface area contributed by atoms with Crippen molar-refractivity contribution < 1.29 is 20.4 Å². The first kappa shape index (κ1) is 18.6. The highest BCUT2D eigenvalue weighted by atomic mass is 16.3. The molecule has 0 fully saturated rings. The highest BCUT2D eigenvalue weighted by Crippen LogP contribution is 2.45. The van der Waals surface area contributed by atoms with Crippen molar-refractivity contribution >= 4 is 0 Å². The van der Waals surface area contributed by atoms with Gasteiger partial charge in [-0.2, -0.15) is 0 Å². The van der Waals surface area contributed by atoms with Gasteiger partial charge in [-0.25, -0.2) is 0 Å². The Morgan fingerprint density at radius 3 is 1.44 bits per heavy atom. The summed E-state index contributed by atoms with van der Waals surface area (Å²) in [5.41, 5.74) is 5.61. The summed E-state index contributed by atoms with van der Waals surface area (Å²) < 4.78 is 0. The molecule has 140 valence electrons. The number of hydrogen-bond acceptors (Lipinski definition) is 4. The van der Waals surface area contributed by atoms with Crippen molar-refractivity contribution in [1.82, 2.24) is 0 Å². The minimum absolute atomic E-state index is 0.129. The summed E-state index contributed by atoms with van der Waals surface area (Å²) in [7, 11) is 0. The lowest BCUT2D eigenvalue weighted by Gasteiger charge is -2.25. The maximum Gasteiger partial charge on any atom is 0.157 e. The largest absolute Gasteiger partial charge is 0.508 e. The standard InChI is InChI=1S/C23H24O4/c1-12-7-14(3)21(19(26)9-12)23(16-5-6-17(24)18(25)11-16)22-15(4)8-13(2)10-20(22)27/h5-11,23-27H,1-4H3. The SMILES string of the molecule is Cc1cc(C)c(C(c2ccc(O)c(O)c2)c2c(C)cc(C)cc2O)c(O)c1. The van der Waals surface area contributed by atoms with E-state index in [1.165, 1.54) is 12.1 Å². The van der Waals surface area contributed by atoms with E-state index < -0.39 is 5.92 Å². The summed E-state index contributed by atoms with van der Waals surface area (Å²) in [6.45, 7) is 7.64. The maximum absolute atomic E-state index is 10.7. The number of hydrogen-bond donors (Lipinski definition) is 4. The Kier molecular flexibility index (Phi) is 4.75. The molecule has 0 atom stereocenters. The summed E-state index contributed by atoms with van der Waals surface area (Å²) in [6, 6.07) is 11.9. The van der Waals surface area contributed by atoms with E-state index in [0.717, 1.165) is 22.3 Å². The van der Waals surface area contributed by atoms with Crippen molar-refractivity contribution in [2.45, 2.75) is 33.6 Å². The molecule has 0 radical (unpaired) electrons. The van der Waals surface area contributed by atoms with E-state index in [1.54, 1.807) is 18.2 Å². The van der Waals surface area contributed by atoms with Gasteiger partial charge in [-0.15, -0.1) is 0 Å². The van der Waals surface area contributed by atoms with E-state index in [0.29, 0.717) is 16.7 Å². The average molecular weight is 364 g/mol. The predicted octanol–water partition coefficient (Wildman–Crippen LogP) is 4.92. The zero-order valence-electron chi connectivity index (χ0n) is 15.9. The van der Waals surface area contributed by atoms with Gasteiger partial charge in [0.15, 0.2) is 11.5 Å². The first-order valence-electron chi connectivity index (χ1n) is 8.81. The summed E-state index contributed by atoms with van der Waals surface area (Å²) in [5, 5.41) is 41.2. The third-order valence-electron chi connectivity index (χ3n) is 4.93. The zero-order chi connectivity index (χ0) is 19.9. The Hall–Kier alpha value is -3.14. The van der Waals surface area contributed by atoms with Crippen molar-refractivity contribution in [3.63, 3.8) is 0 Å². The lowest BCUT2D eigenvalue weighted by molar-refractivity contribution is 0.403. The van der Waals surface area contributed by atoms with Crippen LogP contribution in [0, 0.1) is 27.7 Å². The molecule has 3 aromatic rings. The topological polar surface area (TPSA) is 80.9 Å². The molecule has 0 aliphatic carbocycles. The van der Waals surface area contributed by atoms with Crippen molar-refractivity contribution in [2.24, 2.45) is 0 Å². The van der Waals surface area contributed by atoms with Crippen LogP contribution in [0.5, 0.6) is 23.0 Å². The van der Waals surface area contributed by atoms with Crippen molar-refractivity contribution in [1.29, 1.82) is 0 Å². The molecule has 0 unspecified atom stereocenters. The van der Waals surface area contributed by atoms with E-state index in [2.05, 4.69) is 0 Å². The zero-order valence-corrected chi connectivity index (χ0v) is 15.9. The van der Waals surface area contributed by atoms with Gasteiger partial charge in [0.2, 0.25) is 0 Å². The van der Waals surface area contributed by atoms with Crippen LogP contribution in [0.4, 0.5) is 0 Å². The lowest BCUT2D eigenvalue weighted by atomic mass is 9.79. The van der Waals surface area contributed by atoms with Crippen LogP contribution in [0.1, 0.15) is 44.9 Å². The fourth-order valence-corrected chi connectivity index (χ4v) is 3.86. The van der Waals surface area contributed by atoms with E-state index in [4.69, 9.17) is 0 Å². The van der Waals surface area contributed by atoms with Crippen molar-refractivity contribution in [2.75, 3.05) is 0 Å². The molecule has 0 aliphatic rings. The van der Waals surface area contributed by atoms with Gasteiger partial charge in [0.05, 0.1) is 0 Å². The molecular weight excluding hydrogens is 340 g/mol. The highest BCUT2D eigenvalue weighted by molar-refractivity contribution is 5.60. The third kappa shape index (κ3) is 3.43. The molecule has 0 spiro atoms. The summed E-state index contributed by atoms with van der Waals surface area (Å²) in [4.78, 5) is 0. The van der Waals surface area contributed by atoms with E-state index in [1.807, 2.05) is 39.8 Å². The molecule has 4 heteroatoms.